The van der Waals surface area contributed by atoms with E-state index in [1.165, 1.54) is 18.4 Å². The van der Waals surface area contributed by atoms with Gasteiger partial charge in [-0.3, -0.25) is 9.80 Å². The number of hydrogen-bond acceptors (Lipinski definition) is 4. The quantitative estimate of drug-likeness (QED) is 0.832. The largest absolute Gasteiger partial charge is 0.356 e. The molecule has 0 amide bonds. The summed E-state index contributed by atoms with van der Waals surface area (Å²) < 4.78 is 0. The molecule has 134 valence electrons. The summed E-state index contributed by atoms with van der Waals surface area (Å²) in [6.07, 6.45) is 2.41. The minimum absolute atomic E-state index is 0.146. The highest BCUT2D eigenvalue weighted by Crippen LogP contribution is 2.46. The molecule has 0 N–H and O–H groups in total. The summed E-state index contributed by atoms with van der Waals surface area (Å²) >= 11 is 0. The minimum atomic E-state index is 0.146. The fraction of sp³-hybridized carbons (Fsp3) is 0.409. The van der Waals surface area contributed by atoms with E-state index < -0.39 is 0 Å². The predicted octanol–water partition coefficient (Wildman–Crippen LogP) is 3.30. The molecule has 2 aliphatic rings. The monoisotopic (exact) mass is 346 g/mol. The third-order valence-electron chi connectivity index (χ3n) is 5.89. The highest BCUT2D eigenvalue weighted by molar-refractivity contribution is 5.54. The van der Waals surface area contributed by atoms with Crippen molar-refractivity contribution in [1.29, 1.82) is 5.26 Å². The Bertz CT molecular complexity index is 783. The van der Waals surface area contributed by atoms with Crippen molar-refractivity contribution in [3.05, 3.63) is 65.7 Å². The van der Waals surface area contributed by atoms with Gasteiger partial charge < -0.3 is 4.90 Å². The molecule has 1 saturated heterocycles. The van der Waals surface area contributed by atoms with Gasteiger partial charge in [0.25, 0.3) is 0 Å². The molecule has 0 atom stereocenters. The van der Waals surface area contributed by atoms with E-state index in [2.05, 4.69) is 64.2 Å². The van der Waals surface area contributed by atoms with Gasteiger partial charge in [-0.1, -0.05) is 36.4 Å². The van der Waals surface area contributed by atoms with Gasteiger partial charge in [0.15, 0.2) is 0 Å². The Morgan fingerprint density at radius 1 is 1.00 bits per heavy atom. The van der Waals surface area contributed by atoms with Gasteiger partial charge in [-0.15, -0.1) is 0 Å². The van der Waals surface area contributed by atoms with E-state index in [1.807, 2.05) is 18.2 Å². The number of nitrogens with zero attached hydrogens (tertiary/aromatic N) is 4. The van der Waals surface area contributed by atoms with Gasteiger partial charge in [0.1, 0.15) is 0 Å². The van der Waals surface area contributed by atoms with E-state index >= 15 is 0 Å². The van der Waals surface area contributed by atoms with E-state index in [9.17, 15) is 5.26 Å². The molecular weight excluding hydrogens is 320 g/mol. The van der Waals surface area contributed by atoms with Crippen LogP contribution in [0.1, 0.15) is 24.0 Å². The summed E-state index contributed by atoms with van der Waals surface area (Å²) in [5.41, 5.74) is 3.42. The molecule has 0 spiro atoms. The molecule has 4 nitrogen and oxygen atoms in total. The van der Waals surface area contributed by atoms with Crippen LogP contribution in [0.3, 0.4) is 0 Å². The third-order valence-corrected chi connectivity index (χ3v) is 5.89. The van der Waals surface area contributed by atoms with Crippen molar-refractivity contribution in [3.8, 4) is 6.07 Å². The number of nitriles is 1. The summed E-state index contributed by atoms with van der Waals surface area (Å²) in [5.74, 6) is 0. The van der Waals surface area contributed by atoms with Crippen LogP contribution in [0.4, 0.5) is 5.69 Å². The first-order valence-corrected chi connectivity index (χ1v) is 9.47. The molecule has 26 heavy (non-hydrogen) atoms. The van der Waals surface area contributed by atoms with Crippen LogP contribution in [0.2, 0.25) is 0 Å². The molecule has 0 radical (unpaired) electrons. The molecule has 0 aromatic heterocycles. The van der Waals surface area contributed by atoms with Crippen LogP contribution in [0.15, 0.2) is 54.6 Å². The second-order valence-electron chi connectivity index (χ2n) is 7.45. The highest BCUT2D eigenvalue weighted by atomic mass is 15.4. The van der Waals surface area contributed by atoms with Crippen molar-refractivity contribution in [2.24, 2.45) is 0 Å². The minimum Gasteiger partial charge on any atom is -0.356 e. The summed E-state index contributed by atoms with van der Waals surface area (Å²) in [6.45, 7) is 5.48. The van der Waals surface area contributed by atoms with Crippen molar-refractivity contribution < 1.29 is 0 Å². The zero-order valence-corrected chi connectivity index (χ0v) is 15.4. The van der Waals surface area contributed by atoms with Crippen LogP contribution in [-0.4, -0.2) is 48.7 Å². The van der Waals surface area contributed by atoms with Crippen molar-refractivity contribution >= 4 is 5.69 Å². The Morgan fingerprint density at radius 3 is 2.38 bits per heavy atom. The van der Waals surface area contributed by atoms with E-state index in [-0.39, 0.29) is 5.66 Å². The van der Waals surface area contributed by atoms with Gasteiger partial charge in [-0.2, -0.15) is 5.26 Å². The van der Waals surface area contributed by atoms with Crippen molar-refractivity contribution in [2.75, 3.05) is 38.1 Å². The van der Waals surface area contributed by atoms with E-state index in [4.69, 9.17) is 0 Å². The van der Waals surface area contributed by atoms with E-state index in [1.54, 1.807) is 0 Å². The van der Waals surface area contributed by atoms with Crippen molar-refractivity contribution in [1.82, 2.24) is 9.80 Å². The average Bonchev–Trinajstić information content (AvgIpc) is 3.51. The summed E-state index contributed by atoms with van der Waals surface area (Å²) in [4.78, 5) is 7.59. The van der Waals surface area contributed by atoms with Crippen LogP contribution < -0.4 is 4.90 Å². The zero-order chi connectivity index (χ0) is 18.0. The normalized spacial score (nSPS) is 19.7. The number of rotatable bonds is 5. The molecule has 1 aliphatic carbocycles. The lowest BCUT2D eigenvalue weighted by Crippen LogP contribution is -2.56. The van der Waals surface area contributed by atoms with E-state index in [0.29, 0.717) is 0 Å². The van der Waals surface area contributed by atoms with Gasteiger partial charge in [-0.25, -0.2) is 0 Å². The Hall–Kier alpha value is -2.35. The fourth-order valence-electron chi connectivity index (χ4n) is 4.16. The molecule has 1 heterocycles. The summed E-state index contributed by atoms with van der Waals surface area (Å²) in [5, 5.41) is 9.18. The zero-order valence-electron chi connectivity index (χ0n) is 15.4. The van der Waals surface area contributed by atoms with Crippen LogP contribution in [0.25, 0.3) is 0 Å². The van der Waals surface area contributed by atoms with Crippen LogP contribution >= 0.6 is 0 Å². The molecule has 2 aromatic rings. The van der Waals surface area contributed by atoms with Gasteiger partial charge in [0.2, 0.25) is 0 Å². The Morgan fingerprint density at radius 2 is 1.73 bits per heavy atom. The maximum Gasteiger partial charge on any atom is 0.0992 e. The molecule has 1 aliphatic heterocycles. The molecule has 4 rings (SSSR count). The SMILES string of the molecule is CN(c1cccc(C#N)c1)C1(N2CCN(Cc3ccccc3)CC2)CC1. The number of benzene rings is 2. The second-order valence-corrected chi connectivity index (χ2v) is 7.45. The van der Waals surface area contributed by atoms with Crippen molar-refractivity contribution in [3.63, 3.8) is 0 Å². The maximum atomic E-state index is 9.18. The molecule has 2 fully saturated rings. The lowest BCUT2D eigenvalue weighted by Gasteiger charge is -2.44. The lowest BCUT2D eigenvalue weighted by molar-refractivity contribution is 0.0808. The van der Waals surface area contributed by atoms with Crippen LogP contribution in [-0.2, 0) is 6.54 Å². The smallest absolute Gasteiger partial charge is 0.0992 e. The second kappa shape index (κ2) is 7.11. The molecule has 2 aromatic carbocycles. The molecule has 0 unspecified atom stereocenters. The third kappa shape index (κ3) is 3.33. The number of piperazine rings is 1. The van der Waals surface area contributed by atoms with Gasteiger partial charge in [0.05, 0.1) is 17.3 Å². The average molecular weight is 346 g/mol. The Kier molecular flexibility index (Phi) is 4.67. The fourth-order valence-corrected chi connectivity index (χ4v) is 4.16. The maximum absolute atomic E-state index is 9.18. The topological polar surface area (TPSA) is 33.5 Å². The number of anilines is 1. The van der Waals surface area contributed by atoms with Gasteiger partial charge >= 0.3 is 0 Å². The first-order valence-electron chi connectivity index (χ1n) is 9.47. The van der Waals surface area contributed by atoms with Gasteiger partial charge in [0, 0.05) is 45.5 Å². The first-order chi connectivity index (χ1) is 12.7. The molecular formula is C22H26N4. The lowest BCUT2D eigenvalue weighted by atomic mass is 10.1. The highest BCUT2D eigenvalue weighted by Gasteiger charge is 2.52. The standard InChI is InChI=1S/C22H26N4/c1-24(21-9-5-8-20(16-21)17-23)22(10-11-22)26-14-12-25(13-15-26)18-19-6-3-2-4-7-19/h2-9,16H,10-15,18H2,1H3. The molecule has 1 saturated carbocycles. The van der Waals surface area contributed by atoms with Crippen LogP contribution in [0, 0.1) is 11.3 Å². The predicted molar refractivity (Wildman–Crippen MR) is 105 cm³/mol. The molecule has 4 heteroatoms. The summed E-state index contributed by atoms with van der Waals surface area (Å²) in [6, 6.07) is 21.0. The van der Waals surface area contributed by atoms with Crippen LogP contribution in [0.5, 0.6) is 0 Å². The Balaban J connectivity index is 1.40. The van der Waals surface area contributed by atoms with Crippen molar-refractivity contribution in [2.45, 2.75) is 25.0 Å². The van der Waals surface area contributed by atoms with E-state index in [0.717, 1.165) is 44.0 Å². The van der Waals surface area contributed by atoms with Gasteiger partial charge in [-0.05, 0) is 36.6 Å². The molecule has 0 bridgehead atoms. The first kappa shape index (κ1) is 17.1. The Labute approximate surface area is 156 Å². The summed E-state index contributed by atoms with van der Waals surface area (Å²) in [7, 11) is 2.18. The number of hydrogen-bond donors (Lipinski definition) is 0.